The predicted octanol–water partition coefficient (Wildman–Crippen LogP) is 4.76. The fourth-order valence-electron chi connectivity index (χ4n) is 1.75. The lowest BCUT2D eigenvalue weighted by Crippen LogP contribution is -2.21. The monoisotopic (exact) mass is 360 g/mol. The fraction of sp³-hybridized carbons (Fsp3) is 0.462. The van der Waals surface area contributed by atoms with Gasteiger partial charge in [-0.05, 0) is 28.0 Å². The molecule has 0 fully saturated rings. The van der Waals surface area contributed by atoms with E-state index in [9.17, 15) is 0 Å². The minimum absolute atomic E-state index is 0.491. The summed E-state index contributed by atoms with van der Waals surface area (Å²) >= 11 is 9.44. The topological polar surface area (TPSA) is 27.1 Å². The average Bonchev–Trinajstić information content (AvgIpc) is 2.72. The molecule has 104 valence electrons. The van der Waals surface area contributed by atoms with Gasteiger partial charge in [-0.15, -0.1) is 0 Å². The van der Waals surface area contributed by atoms with E-state index in [0.717, 1.165) is 22.0 Å². The normalized spacial score (nSPS) is 12.3. The van der Waals surface area contributed by atoms with E-state index < -0.39 is 8.07 Å². The van der Waals surface area contributed by atoms with E-state index in [4.69, 9.17) is 16.3 Å². The van der Waals surface area contributed by atoms with Gasteiger partial charge in [0.1, 0.15) is 11.9 Å². The molecule has 2 aromatic rings. The summed E-state index contributed by atoms with van der Waals surface area (Å²) in [6.45, 7) is 8.43. The van der Waals surface area contributed by atoms with Crippen molar-refractivity contribution in [3.63, 3.8) is 0 Å². The van der Waals surface area contributed by atoms with Gasteiger partial charge >= 0.3 is 0 Å². The van der Waals surface area contributed by atoms with Gasteiger partial charge in [0.15, 0.2) is 0 Å². The van der Waals surface area contributed by atoms with Crippen molar-refractivity contribution in [2.24, 2.45) is 0 Å². The average molecular weight is 362 g/mol. The number of halogens is 2. The standard InChI is InChI=1S/C13H18BrClN2OSi/c1-19(2,3)7-6-18-9-17-5-4-10-11(17)8-16-13(15)12(10)14/h4-5,8H,6-7,9H2,1-3H3. The third-order valence-electron chi connectivity index (χ3n) is 2.95. The van der Waals surface area contributed by atoms with Crippen molar-refractivity contribution in [1.29, 1.82) is 0 Å². The van der Waals surface area contributed by atoms with Crippen molar-refractivity contribution in [2.45, 2.75) is 32.4 Å². The number of fused-ring (bicyclic) bond motifs is 1. The van der Waals surface area contributed by atoms with Gasteiger partial charge in [0.25, 0.3) is 0 Å². The van der Waals surface area contributed by atoms with Crippen LogP contribution in [0.25, 0.3) is 10.9 Å². The van der Waals surface area contributed by atoms with Crippen LogP contribution in [0.1, 0.15) is 0 Å². The van der Waals surface area contributed by atoms with E-state index in [1.165, 1.54) is 6.04 Å². The second-order valence-corrected chi connectivity index (χ2v) is 12.6. The maximum Gasteiger partial charge on any atom is 0.143 e. The van der Waals surface area contributed by atoms with Crippen LogP contribution in [0.15, 0.2) is 22.9 Å². The molecular formula is C13H18BrClN2OSi. The Bertz CT molecular complexity index is 580. The molecule has 0 spiro atoms. The summed E-state index contributed by atoms with van der Waals surface area (Å²) in [5.41, 5.74) is 1.03. The van der Waals surface area contributed by atoms with Crippen molar-refractivity contribution in [2.75, 3.05) is 6.61 Å². The van der Waals surface area contributed by atoms with Gasteiger partial charge in [-0.1, -0.05) is 31.2 Å². The van der Waals surface area contributed by atoms with Crippen molar-refractivity contribution in [1.82, 2.24) is 9.55 Å². The molecule has 3 nitrogen and oxygen atoms in total. The van der Waals surface area contributed by atoms with Crippen LogP contribution in [0.5, 0.6) is 0 Å². The van der Waals surface area contributed by atoms with E-state index in [2.05, 4.69) is 40.6 Å². The Morgan fingerprint density at radius 3 is 2.84 bits per heavy atom. The highest BCUT2D eigenvalue weighted by atomic mass is 79.9. The summed E-state index contributed by atoms with van der Waals surface area (Å²) in [6, 6.07) is 3.20. The minimum atomic E-state index is -1.02. The van der Waals surface area contributed by atoms with Crippen molar-refractivity contribution < 1.29 is 4.74 Å². The van der Waals surface area contributed by atoms with Gasteiger partial charge in [0.05, 0.1) is 16.2 Å². The maximum absolute atomic E-state index is 5.98. The van der Waals surface area contributed by atoms with Crippen LogP contribution < -0.4 is 0 Å². The first-order chi connectivity index (χ1) is 8.88. The van der Waals surface area contributed by atoms with Crippen LogP contribution in [0.3, 0.4) is 0 Å². The van der Waals surface area contributed by atoms with E-state index in [-0.39, 0.29) is 0 Å². The molecule has 0 aliphatic carbocycles. The van der Waals surface area contributed by atoms with Gasteiger partial charge in [-0.2, -0.15) is 0 Å². The number of pyridine rings is 1. The molecule has 6 heteroatoms. The number of hydrogen-bond acceptors (Lipinski definition) is 2. The molecule has 0 saturated heterocycles. The maximum atomic E-state index is 5.98. The second-order valence-electron chi connectivity index (χ2n) is 5.80. The number of aromatic nitrogens is 2. The van der Waals surface area contributed by atoms with E-state index in [0.29, 0.717) is 11.9 Å². The smallest absolute Gasteiger partial charge is 0.143 e. The van der Waals surface area contributed by atoms with Gasteiger partial charge < -0.3 is 9.30 Å². The molecule has 2 heterocycles. The molecule has 0 atom stereocenters. The largest absolute Gasteiger partial charge is 0.361 e. The molecule has 0 aliphatic rings. The number of hydrogen-bond donors (Lipinski definition) is 0. The van der Waals surface area contributed by atoms with Gasteiger partial charge in [0, 0.05) is 26.3 Å². The van der Waals surface area contributed by atoms with E-state index in [1.807, 2.05) is 16.8 Å². The first-order valence-corrected chi connectivity index (χ1v) is 11.1. The number of ether oxygens (including phenoxy) is 1. The minimum Gasteiger partial charge on any atom is -0.361 e. The van der Waals surface area contributed by atoms with Gasteiger partial charge in [-0.25, -0.2) is 4.98 Å². The molecule has 0 amide bonds. The lowest BCUT2D eigenvalue weighted by Gasteiger charge is -2.15. The molecule has 0 aromatic carbocycles. The SMILES string of the molecule is C[Si](C)(C)CCOCn1ccc2c(Br)c(Cl)ncc21. The van der Waals surface area contributed by atoms with Crippen LogP contribution in [0, 0.1) is 0 Å². The number of nitrogens with zero attached hydrogens (tertiary/aromatic N) is 2. The molecule has 0 bridgehead atoms. The Morgan fingerprint density at radius 2 is 2.16 bits per heavy atom. The zero-order chi connectivity index (χ0) is 14.0. The van der Waals surface area contributed by atoms with Crippen LogP contribution >= 0.6 is 27.5 Å². The first-order valence-electron chi connectivity index (χ1n) is 6.25. The summed E-state index contributed by atoms with van der Waals surface area (Å²) in [7, 11) is -1.02. The Labute approximate surface area is 128 Å². The Balaban J connectivity index is 2.04. The highest BCUT2D eigenvalue weighted by Gasteiger charge is 2.12. The lowest BCUT2D eigenvalue weighted by molar-refractivity contribution is 0.0902. The van der Waals surface area contributed by atoms with Crippen LogP contribution in [-0.2, 0) is 11.5 Å². The molecule has 2 aromatic heterocycles. The molecule has 0 saturated carbocycles. The summed E-state index contributed by atoms with van der Waals surface area (Å²) in [6.07, 6.45) is 3.78. The molecule has 0 radical (unpaired) electrons. The van der Waals surface area contributed by atoms with Crippen molar-refractivity contribution in [3.8, 4) is 0 Å². The molecule has 0 N–H and O–H groups in total. The molecule has 2 rings (SSSR count). The third-order valence-corrected chi connectivity index (χ3v) is 5.97. The molecule has 19 heavy (non-hydrogen) atoms. The Kier molecular flexibility index (Phi) is 4.71. The van der Waals surface area contributed by atoms with Gasteiger partial charge in [0.2, 0.25) is 0 Å². The van der Waals surface area contributed by atoms with Crippen LogP contribution in [0.2, 0.25) is 30.8 Å². The fourth-order valence-corrected chi connectivity index (χ4v) is 3.10. The summed E-state index contributed by atoms with van der Waals surface area (Å²) in [4.78, 5) is 4.16. The van der Waals surface area contributed by atoms with Crippen LogP contribution in [0.4, 0.5) is 0 Å². The predicted molar refractivity (Wildman–Crippen MR) is 86.5 cm³/mol. The van der Waals surface area contributed by atoms with E-state index in [1.54, 1.807) is 6.20 Å². The third kappa shape index (κ3) is 3.81. The molecular weight excluding hydrogens is 344 g/mol. The highest BCUT2D eigenvalue weighted by molar-refractivity contribution is 9.10. The van der Waals surface area contributed by atoms with Crippen LogP contribution in [-0.4, -0.2) is 24.2 Å². The Hall–Kier alpha value is -0.363. The quantitative estimate of drug-likeness (QED) is 0.436. The zero-order valence-electron chi connectivity index (χ0n) is 11.4. The second kappa shape index (κ2) is 5.95. The van der Waals surface area contributed by atoms with Crippen molar-refractivity contribution >= 4 is 46.5 Å². The molecule has 0 unspecified atom stereocenters. The first kappa shape index (κ1) is 15.0. The number of rotatable bonds is 5. The summed E-state index contributed by atoms with van der Waals surface area (Å²) in [5, 5.41) is 1.55. The van der Waals surface area contributed by atoms with Crippen molar-refractivity contribution in [3.05, 3.63) is 28.1 Å². The van der Waals surface area contributed by atoms with Gasteiger partial charge in [-0.3, -0.25) is 0 Å². The zero-order valence-corrected chi connectivity index (χ0v) is 14.8. The summed E-state index contributed by atoms with van der Waals surface area (Å²) in [5.74, 6) is 0. The summed E-state index contributed by atoms with van der Waals surface area (Å²) < 4.78 is 8.64. The molecule has 0 aliphatic heterocycles. The highest BCUT2D eigenvalue weighted by Crippen LogP contribution is 2.29. The lowest BCUT2D eigenvalue weighted by atomic mass is 10.3. The Morgan fingerprint density at radius 1 is 1.42 bits per heavy atom. The van der Waals surface area contributed by atoms with E-state index >= 15 is 0 Å².